The van der Waals surface area contributed by atoms with E-state index in [4.69, 9.17) is 9.52 Å². The largest absolute Gasteiger partial charge is 0.422 e. The van der Waals surface area contributed by atoms with E-state index in [1.807, 2.05) is 18.2 Å². The molecule has 0 atom stereocenters. The zero-order valence-corrected chi connectivity index (χ0v) is 12.3. The molecule has 5 heteroatoms. The Morgan fingerprint density at radius 2 is 1.83 bits per heavy atom. The van der Waals surface area contributed by atoms with Crippen molar-refractivity contribution in [3.05, 3.63) is 76.1 Å². The number of aliphatic hydroxyl groups excluding tert-OH is 1. The molecule has 23 heavy (non-hydrogen) atoms. The number of benzene rings is 2. The number of fused-ring (bicyclic) bond motifs is 1. The number of amides is 1. The number of para-hydroxylation sites is 1. The van der Waals surface area contributed by atoms with E-state index in [0.717, 1.165) is 5.56 Å². The second-order valence-electron chi connectivity index (χ2n) is 5.11. The van der Waals surface area contributed by atoms with Gasteiger partial charge in [-0.25, -0.2) is 4.79 Å². The topological polar surface area (TPSA) is 79.5 Å². The van der Waals surface area contributed by atoms with Crippen LogP contribution < -0.4 is 10.9 Å². The van der Waals surface area contributed by atoms with Crippen molar-refractivity contribution in [2.45, 2.75) is 6.42 Å². The monoisotopic (exact) mass is 309 g/mol. The van der Waals surface area contributed by atoms with Crippen LogP contribution in [0.25, 0.3) is 11.0 Å². The smallest absolute Gasteiger partial charge is 0.349 e. The van der Waals surface area contributed by atoms with Gasteiger partial charge in [0.05, 0.1) is 0 Å². The molecule has 0 saturated heterocycles. The molecule has 0 aliphatic carbocycles. The molecule has 5 nitrogen and oxygen atoms in total. The van der Waals surface area contributed by atoms with Gasteiger partial charge in [0.25, 0.3) is 5.91 Å². The van der Waals surface area contributed by atoms with Gasteiger partial charge < -0.3 is 14.8 Å². The van der Waals surface area contributed by atoms with Crippen molar-refractivity contribution in [2.75, 3.05) is 11.9 Å². The molecule has 1 amide bonds. The van der Waals surface area contributed by atoms with Gasteiger partial charge in [-0.1, -0.05) is 30.3 Å². The second kappa shape index (κ2) is 6.46. The maximum Gasteiger partial charge on any atom is 0.349 e. The van der Waals surface area contributed by atoms with E-state index >= 15 is 0 Å². The summed E-state index contributed by atoms with van der Waals surface area (Å²) in [7, 11) is 0. The second-order valence-corrected chi connectivity index (χ2v) is 5.11. The molecule has 0 aliphatic heterocycles. The summed E-state index contributed by atoms with van der Waals surface area (Å²) in [6.07, 6.45) is 0.558. The van der Waals surface area contributed by atoms with Crippen LogP contribution in [0.2, 0.25) is 0 Å². The average molecular weight is 309 g/mol. The van der Waals surface area contributed by atoms with Crippen LogP contribution in [-0.2, 0) is 6.42 Å². The molecule has 0 unspecified atom stereocenters. The number of aliphatic hydroxyl groups is 1. The Morgan fingerprint density at radius 3 is 2.57 bits per heavy atom. The summed E-state index contributed by atoms with van der Waals surface area (Å²) >= 11 is 0. The number of rotatable bonds is 4. The molecule has 0 saturated carbocycles. The first-order valence-corrected chi connectivity index (χ1v) is 7.21. The average Bonchev–Trinajstić information content (AvgIpc) is 2.56. The zero-order valence-electron chi connectivity index (χ0n) is 12.3. The Hall–Kier alpha value is -2.92. The van der Waals surface area contributed by atoms with E-state index < -0.39 is 11.5 Å². The van der Waals surface area contributed by atoms with E-state index in [9.17, 15) is 9.59 Å². The summed E-state index contributed by atoms with van der Waals surface area (Å²) in [6, 6.07) is 15.6. The number of nitrogens with one attached hydrogen (secondary N) is 1. The molecule has 0 radical (unpaired) electrons. The standard InChI is InChI=1S/C18H15NO4/c20-10-9-12-5-7-14(8-6-12)19-17(21)15-11-13-3-1-2-4-16(13)23-18(15)22/h1-8,11,20H,9-10H2,(H,19,21). The molecule has 2 N–H and O–H groups in total. The summed E-state index contributed by atoms with van der Waals surface area (Å²) in [6.45, 7) is 0.0733. The third-order valence-corrected chi connectivity index (χ3v) is 3.50. The van der Waals surface area contributed by atoms with Gasteiger partial charge in [0.2, 0.25) is 0 Å². The van der Waals surface area contributed by atoms with Gasteiger partial charge in [-0.2, -0.15) is 0 Å². The van der Waals surface area contributed by atoms with Crippen LogP contribution >= 0.6 is 0 Å². The summed E-state index contributed by atoms with van der Waals surface area (Å²) < 4.78 is 5.16. The fraction of sp³-hybridized carbons (Fsp3) is 0.111. The highest BCUT2D eigenvalue weighted by Crippen LogP contribution is 2.15. The Labute approximate surface area is 132 Å². The predicted octanol–water partition coefficient (Wildman–Crippen LogP) is 2.58. The first-order chi connectivity index (χ1) is 11.2. The first kappa shape index (κ1) is 15.0. The van der Waals surface area contributed by atoms with Crippen LogP contribution in [0, 0.1) is 0 Å². The Balaban J connectivity index is 1.85. The summed E-state index contributed by atoms with van der Waals surface area (Å²) in [4.78, 5) is 24.2. The van der Waals surface area contributed by atoms with Crippen molar-refractivity contribution in [3.8, 4) is 0 Å². The molecule has 3 aromatic rings. The summed E-state index contributed by atoms with van der Waals surface area (Å²) in [5.74, 6) is -0.514. The van der Waals surface area contributed by atoms with Crippen LogP contribution in [0.5, 0.6) is 0 Å². The third-order valence-electron chi connectivity index (χ3n) is 3.50. The van der Waals surface area contributed by atoms with E-state index in [1.54, 1.807) is 30.3 Å². The number of hydrogen-bond acceptors (Lipinski definition) is 4. The van der Waals surface area contributed by atoms with Crippen molar-refractivity contribution in [2.24, 2.45) is 0 Å². The van der Waals surface area contributed by atoms with Crippen molar-refractivity contribution in [1.29, 1.82) is 0 Å². The van der Waals surface area contributed by atoms with Gasteiger partial charge in [-0.15, -0.1) is 0 Å². The van der Waals surface area contributed by atoms with Crippen molar-refractivity contribution >= 4 is 22.6 Å². The normalized spacial score (nSPS) is 10.7. The molecule has 0 aliphatic rings. The lowest BCUT2D eigenvalue weighted by Gasteiger charge is -2.06. The van der Waals surface area contributed by atoms with Gasteiger partial charge in [0.15, 0.2) is 0 Å². The Kier molecular flexibility index (Phi) is 4.21. The van der Waals surface area contributed by atoms with E-state index in [1.165, 1.54) is 6.07 Å². The number of anilines is 1. The van der Waals surface area contributed by atoms with Crippen LogP contribution in [-0.4, -0.2) is 17.6 Å². The lowest BCUT2D eigenvalue weighted by molar-refractivity contribution is 0.102. The molecule has 2 aromatic carbocycles. The van der Waals surface area contributed by atoms with Gasteiger partial charge in [0, 0.05) is 17.7 Å². The minimum Gasteiger partial charge on any atom is -0.422 e. The molecule has 0 fully saturated rings. The van der Waals surface area contributed by atoms with Crippen LogP contribution in [0.1, 0.15) is 15.9 Å². The zero-order chi connectivity index (χ0) is 16.2. The van der Waals surface area contributed by atoms with E-state index in [-0.39, 0.29) is 12.2 Å². The quantitative estimate of drug-likeness (QED) is 0.726. The molecule has 0 spiro atoms. The number of hydrogen-bond donors (Lipinski definition) is 2. The van der Waals surface area contributed by atoms with Crippen LogP contribution in [0.15, 0.2) is 63.8 Å². The minimum atomic E-state index is -0.668. The van der Waals surface area contributed by atoms with Crippen molar-refractivity contribution in [1.82, 2.24) is 0 Å². The fourth-order valence-corrected chi connectivity index (χ4v) is 2.30. The molecule has 3 rings (SSSR count). The van der Waals surface area contributed by atoms with Crippen molar-refractivity contribution < 1.29 is 14.3 Å². The van der Waals surface area contributed by atoms with E-state index in [2.05, 4.69) is 5.32 Å². The minimum absolute atomic E-state index is 0.0388. The Morgan fingerprint density at radius 1 is 1.09 bits per heavy atom. The Bertz CT molecular complexity index is 897. The fourth-order valence-electron chi connectivity index (χ4n) is 2.30. The molecule has 1 aromatic heterocycles. The number of carbonyl (C=O) groups is 1. The maximum absolute atomic E-state index is 12.3. The molecule has 1 heterocycles. The van der Waals surface area contributed by atoms with Gasteiger partial charge in [-0.3, -0.25) is 4.79 Å². The van der Waals surface area contributed by atoms with Gasteiger partial charge in [0.1, 0.15) is 11.1 Å². The maximum atomic E-state index is 12.3. The molecular formula is C18H15NO4. The highest BCUT2D eigenvalue weighted by atomic mass is 16.4. The number of carbonyl (C=O) groups excluding carboxylic acids is 1. The first-order valence-electron chi connectivity index (χ1n) is 7.21. The van der Waals surface area contributed by atoms with Crippen LogP contribution in [0.4, 0.5) is 5.69 Å². The lowest BCUT2D eigenvalue weighted by Crippen LogP contribution is -2.20. The predicted molar refractivity (Wildman–Crippen MR) is 87.7 cm³/mol. The summed E-state index contributed by atoms with van der Waals surface area (Å²) in [5.41, 5.74) is 1.28. The van der Waals surface area contributed by atoms with Crippen LogP contribution in [0.3, 0.4) is 0 Å². The lowest BCUT2D eigenvalue weighted by atomic mass is 10.1. The molecule has 0 bridgehead atoms. The third kappa shape index (κ3) is 3.30. The van der Waals surface area contributed by atoms with Crippen molar-refractivity contribution in [3.63, 3.8) is 0 Å². The van der Waals surface area contributed by atoms with Gasteiger partial charge >= 0.3 is 5.63 Å². The highest BCUT2D eigenvalue weighted by Gasteiger charge is 2.13. The SMILES string of the molecule is O=C(Nc1ccc(CCO)cc1)c1cc2ccccc2oc1=O. The van der Waals surface area contributed by atoms with E-state index in [0.29, 0.717) is 23.1 Å². The highest BCUT2D eigenvalue weighted by molar-refractivity contribution is 6.05. The molecular weight excluding hydrogens is 294 g/mol. The molecule has 116 valence electrons. The summed E-state index contributed by atoms with van der Waals surface area (Å²) in [5, 5.41) is 12.2. The van der Waals surface area contributed by atoms with Gasteiger partial charge in [-0.05, 0) is 36.2 Å².